The van der Waals surface area contributed by atoms with Crippen LogP contribution in [0.4, 0.5) is 0 Å². The number of amides is 1. The lowest BCUT2D eigenvalue weighted by Crippen LogP contribution is -2.62. The van der Waals surface area contributed by atoms with Crippen molar-refractivity contribution in [2.24, 2.45) is 0 Å². The van der Waals surface area contributed by atoms with Crippen molar-refractivity contribution in [3.63, 3.8) is 0 Å². The molecular weight excluding hydrogens is 192 g/mol. The van der Waals surface area contributed by atoms with E-state index in [-0.39, 0.29) is 6.42 Å². The zero-order valence-electron chi connectivity index (χ0n) is 7.19. The normalized spacial score (nSPS) is 24.9. The van der Waals surface area contributed by atoms with Gasteiger partial charge in [-0.2, -0.15) is 0 Å². The summed E-state index contributed by atoms with van der Waals surface area (Å²) in [6.45, 7) is -0.450. The summed E-state index contributed by atoms with van der Waals surface area (Å²) in [5.74, 6) is -2.62. The number of aliphatic carboxylic acids is 2. The highest BCUT2D eigenvalue weighted by Crippen LogP contribution is 2.11. The van der Waals surface area contributed by atoms with E-state index in [4.69, 9.17) is 10.2 Å². The van der Waals surface area contributed by atoms with Gasteiger partial charge in [0.2, 0.25) is 5.91 Å². The van der Waals surface area contributed by atoms with Crippen LogP contribution < -0.4 is 10.6 Å². The van der Waals surface area contributed by atoms with Crippen LogP contribution in [-0.4, -0.2) is 46.7 Å². The minimum atomic E-state index is -1.13. The molecule has 2 atom stereocenters. The molecule has 7 nitrogen and oxygen atoms in total. The van der Waals surface area contributed by atoms with E-state index in [9.17, 15) is 14.4 Å². The predicted octanol–water partition coefficient (Wildman–Crippen LogP) is -2.00. The SMILES string of the molecule is O=C(O)CNC(=O)[C@H]1C[C@@H](C(=O)O)N1. The summed E-state index contributed by atoms with van der Waals surface area (Å²) in [4.78, 5) is 31.5. The van der Waals surface area contributed by atoms with Crippen LogP contribution in [0, 0.1) is 0 Å². The standard InChI is InChI=1S/C7H10N2O5/c10-5(11)2-8-6(12)3-1-4(9-3)7(13)14/h3-4,9H,1-2H2,(H,8,12)(H,10,11)(H,13,14)/t3-,4+/m1/s1. The van der Waals surface area contributed by atoms with Crippen molar-refractivity contribution < 1.29 is 24.6 Å². The Morgan fingerprint density at radius 1 is 1.29 bits per heavy atom. The Morgan fingerprint density at radius 2 is 1.86 bits per heavy atom. The molecule has 7 heteroatoms. The minimum absolute atomic E-state index is 0.195. The van der Waals surface area contributed by atoms with Gasteiger partial charge >= 0.3 is 11.9 Å². The first-order valence-electron chi connectivity index (χ1n) is 3.99. The summed E-state index contributed by atoms with van der Waals surface area (Å²) in [6.07, 6.45) is 0.195. The summed E-state index contributed by atoms with van der Waals surface area (Å²) >= 11 is 0. The topological polar surface area (TPSA) is 116 Å². The van der Waals surface area contributed by atoms with E-state index in [0.717, 1.165) is 0 Å². The number of carboxylic acids is 2. The Morgan fingerprint density at radius 3 is 2.29 bits per heavy atom. The van der Waals surface area contributed by atoms with Gasteiger partial charge in [-0.1, -0.05) is 0 Å². The van der Waals surface area contributed by atoms with Gasteiger partial charge in [-0.25, -0.2) is 0 Å². The second-order valence-electron chi connectivity index (χ2n) is 2.96. The average Bonchev–Trinajstić information content (AvgIpc) is 1.97. The Kier molecular flexibility index (Phi) is 3.03. The molecule has 0 spiro atoms. The molecule has 0 aromatic heterocycles. The van der Waals surface area contributed by atoms with Crippen LogP contribution in [-0.2, 0) is 14.4 Å². The van der Waals surface area contributed by atoms with Crippen LogP contribution in [0.5, 0.6) is 0 Å². The molecule has 0 unspecified atom stereocenters. The fourth-order valence-corrected chi connectivity index (χ4v) is 1.09. The maximum absolute atomic E-state index is 11.1. The van der Waals surface area contributed by atoms with Gasteiger partial charge in [0.1, 0.15) is 12.6 Å². The summed E-state index contributed by atoms with van der Waals surface area (Å²) in [5, 5.41) is 21.4. The first-order chi connectivity index (χ1) is 6.50. The van der Waals surface area contributed by atoms with E-state index in [0.29, 0.717) is 0 Å². The summed E-state index contributed by atoms with van der Waals surface area (Å²) in [5.41, 5.74) is 0. The first-order valence-corrected chi connectivity index (χ1v) is 3.99. The maximum Gasteiger partial charge on any atom is 0.322 e. The first kappa shape index (κ1) is 10.5. The van der Waals surface area contributed by atoms with Crippen molar-refractivity contribution in [2.45, 2.75) is 18.5 Å². The molecule has 78 valence electrons. The fourth-order valence-electron chi connectivity index (χ4n) is 1.09. The van der Waals surface area contributed by atoms with Crippen LogP contribution in [0.3, 0.4) is 0 Å². The van der Waals surface area contributed by atoms with E-state index in [1.807, 2.05) is 0 Å². The molecule has 0 bridgehead atoms. The lowest BCUT2D eigenvalue weighted by atomic mass is 9.96. The van der Waals surface area contributed by atoms with Gasteiger partial charge in [0, 0.05) is 0 Å². The molecule has 1 rings (SSSR count). The Balaban J connectivity index is 2.23. The molecule has 14 heavy (non-hydrogen) atoms. The third-order valence-electron chi connectivity index (χ3n) is 1.90. The smallest absolute Gasteiger partial charge is 0.322 e. The quantitative estimate of drug-likeness (QED) is 0.419. The maximum atomic E-state index is 11.1. The van der Waals surface area contributed by atoms with Crippen molar-refractivity contribution in [3.8, 4) is 0 Å². The van der Waals surface area contributed by atoms with Gasteiger partial charge < -0.3 is 15.5 Å². The number of carbonyl (C=O) groups excluding carboxylic acids is 1. The molecule has 0 aromatic carbocycles. The van der Waals surface area contributed by atoms with Gasteiger partial charge in [0.25, 0.3) is 0 Å². The molecule has 4 N–H and O–H groups in total. The molecule has 1 heterocycles. The highest BCUT2D eigenvalue weighted by molar-refractivity contribution is 5.88. The van der Waals surface area contributed by atoms with Crippen molar-refractivity contribution in [2.75, 3.05) is 6.54 Å². The lowest BCUT2D eigenvalue weighted by Gasteiger charge is -2.32. The van der Waals surface area contributed by atoms with E-state index in [2.05, 4.69) is 10.6 Å². The number of carbonyl (C=O) groups is 3. The van der Waals surface area contributed by atoms with Crippen LogP contribution in [0.2, 0.25) is 0 Å². The largest absolute Gasteiger partial charge is 0.480 e. The average molecular weight is 202 g/mol. The molecule has 0 aromatic rings. The zero-order chi connectivity index (χ0) is 10.7. The fraction of sp³-hybridized carbons (Fsp3) is 0.571. The summed E-state index contributed by atoms with van der Waals surface area (Å²) < 4.78 is 0. The van der Waals surface area contributed by atoms with Crippen molar-refractivity contribution in [1.29, 1.82) is 0 Å². The molecule has 1 aliphatic heterocycles. The van der Waals surface area contributed by atoms with Gasteiger partial charge in [-0.15, -0.1) is 0 Å². The van der Waals surface area contributed by atoms with E-state index in [1.165, 1.54) is 0 Å². The van der Waals surface area contributed by atoms with Gasteiger partial charge in [0.05, 0.1) is 6.04 Å². The van der Waals surface area contributed by atoms with E-state index >= 15 is 0 Å². The molecule has 0 radical (unpaired) electrons. The molecule has 1 amide bonds. The molecule has 1 aliphatic rings. The Hall–Kier alpha value is -1.63. The van der Waals surface area contributed by atoms with Gasteiger partial charge in [-0.3, -0.25) is 19.7 Å². The molecule has 1 saturated heterocycles. The number of hydrogen-bond acceptors (Lipinski definition) is 4. The third-order valence-corrected chi connectivity index (χ3v) is 1.90. The highest BCUT2D eigenvalue weighted by Gasteiger charge is 2.37. The van der Waals surface area contributed by atoms with Crippen LogP contribution >= 0.6 is 0 Å². The highest BCUT2D eigenvalue weighted by atomic mass is 16.4. The molecule has 1 fully saturated rings. The van der Waals surface area contributed by atoms with Crippen LogP contribution in [0.25, 0.3) is 0 Å². The van der Waals surface area contributed by atoms with Crippen molar-refractivity contribution in [1.82, 2.24) is 10.6 Å². The van der Waals surface area contributed by atoms with Crippen molar-refractivity contribution >= 4 is 17.8 Å². The second-order valence-corrected chi connectivity index (χ2v) is 2.96. The van der Waals surface area contributed by atoms with Gasteiger partial charge in [0.15, 0.2) is 0 Å². The third kappa shape index (κ3) is 2.43. The van der Waals surface area contributed by atoms with Crippen LogP contribution in [0.15, 0.2) is 0 Å². The van der Waals surface area contributed by atoms with Gasteiger partial charge in [-0.05, 0) is 6.42 Å². The van der Waals surface area contributed by atoms with E-state index < -0.39 is 36.5 Å². The summed E-state index contributed by atoms with van der Waals surface area (Å²) in [6, 6.07) is -1.29. The zero-order valence-corrected chi connectivity index (χ0v) is 7.19. The van der Waals surface area contributed by atoms with E-state index in [1.54, 1.807) is 0 Å². The number of nitrogens with one attached hydrogen (secondary N) is 2. The number of carboxylic acid groups (broad SMARTS) is 2. The second kappa shape index (κ2) is 4.05. The Bertz CT molecular complexity index is 271. The monoisotopic (exact) mass is 202 g/mol. The Labute approximate surface area is 79.1 Å². The minimum Gasteiger partial charge on any atom is -0.480 e. The van der Waals surface area contributed by atoms with Crippen LogP contribution in [0.1, 0.15) is 6.42 Å². The number of rotatable bonds is 4. The molecule has 0 aliphatic carbocycles. The lowest BCUT2D eigenvalue weighted by molar-refractivity contribution is -0.145. The molecular formula is C7H10N2O5. The molecule has 0 saturated carbocycles. The summed E-state index contributed by atoms with van der Waals surface area (Å²) in [7, 11) is 0. The van der Waals surface area contributed by atoms with Crippen molar-refractivity contribution in [3.05, 3.63) is 0 Å². The predicted molar refractivity (Wildman–Crippen MR) is 43.6 cm³/mol. The number of hydrogen-bond donors (Lipinski definition) is 4.